The predicted octanol–water partition coefficient (Wildman–Crippen LogP) is 14.1. The fraction of sp³-hybridized carbons (Fsp3) is 0.898. The number of aliphatic hydroxyl groups excluding tert-OH is 1. The topological polar surface area (TPSA) is 105 Å². The predicted molar refractivity (Wildman–Crippen MR) is 249 cm³/mol. The normalized spacial score (nSPS) is 14.4. The first-order valence-electron chi connectivity index (χ1n) is 24.7. The number of amides is 1. The highest BCUT2D eigenvalue weighted by Crippen LogP contribution is 2.43. The molecule has 3 N–H and O–H groups in total. The Bertz CT molecular complexity index is 1000. The highest BCUT2D eigenvalue weighted by atomic mass is 31.2. The van der Waals surface area contributed by atoms with Crippen LogP contribution in [-0.4, -0.2) is 73.4 Å². The smallest absolute Gasteiger partial charge is 0.391 e. The number of hydrogen-bond acceptors (Lipinski definition) is 5. The molecular weight excluding hydrogens is 744 g/mol. The van der Waals surface area contributed by atoms with Gasteiger partial charge in [0.15, 0.2) is 0 Å². The number of hydrogen-bond donors (Lipinski definition) is 3. The number of quaternary nitrogens is 1. The number of phosphoric acid groups is 1. The largest absolute Gasteiger partial charge is 0.472 e. The Kier molecular flexibility index (Phi) is 40.6. The van der Waals surface area contributed by atoms with Crippen LogP contribution in [0.1, 0.15) is 232 Å². The number of nitrogens with zero attached hydrogens (tertiary/aromatic N) is 1. The molecule has 9 heteroatoms. The number of unbranched alkanes of at least 4 members (excludes halogenated alkanes) is 28. The van der Waals surface area contributed by atoms with Gasteiger partial charge in [0, 0.05) is 6.42 Å². The van der Waals surface area contributed by atoms with Gasteiger partial charge >= 0.3 is 7.82 Å². The molecule has 0 aliphatic carbocycles. The summed E-state index contributed by atoms with van der Waals surface area (Å²) in [6.45, 7) is 4.80. The van der Waals surface area contributed by atoms with Gasteiger partial charge in [-0.1, -0.05) is 212 Å². The molecule has 3 atom stereocenters. The summed E-state index contributed by atoms with van der Waals surface area (Å²) in [6, 6.07) is -0.757. The molecule has 0 rings (SSSR count). The van der Waals surface area contributed by atoms with Crippen molar-refractivity contribution in [1.29, 1.82) is 0 Å². The third kappa shape index (κ3) is 43.1. The Hall–Kier alpha value is -1.02. The lowest BCUT2D eigenvalue weighted by Gasteiger charge is -2.26. The average Bonchev–Trinajstić information content (AvgIpc) is 3.17. The minimum Gasteiger partial charge on any atom is -0.391 e. The van der Waals surface area contributed by atoms with Crippen LogP contribution in [-0.2, 0) is 18.4 Å². The number of phosphoric ester groups is 1. The number of likely N-dealkylation sites (N-methyl/N-ethyl adjacent to an activating group) is 1. The molecule has 1 amide bonds. The van der Waals surface area contributed by atoms with Crippen molar-refractivity contribution < 1.29 is 32.9 Å². The van der Waals surface area contributed by atoms with Gasteiger partial charge in [0.1, 0.15) is 13.2 Å². The Morgan fingerprint density at radius 3 is 1.50 bits per heavy atom. The van der Waals surface area contributed by atoms with Crippen molar-refractivity contribution >= 4 is 13.7 Å². The monoisotopic (exact) mass is 842 g/mol. The van der Waals surface area contributed by atoms with Gasteiger partial charge in [-0.2, -0.15) is 0 Å². The zero-order chi connectivity index (χ0) is 42.8. The Labute approximate surface area is 360 Å². The maximum absolute atomic E-state index is 12.9. The van der Waals surface area contributed by atoms with E-state index in [1.807, 2.05) is 21.1 Å². The van der Waals surface area contributed by atoms with Crippen LogP contribution < -0.4 is 5.32 Å². The molecule has 0 saturated heterocycles. The van der Waals surface area contributed by atoms with Crippen LogP contribution in [0.25, 0.3) is 0 Å². The van der Waals surface area contributed by atoms with Crippen LogP contribution in [0.15, 0.2) is 24.3 Å². The molecule has 0 heterocycles. The molecule has 0 aromatic carbocycles. The molecule has 8 nitrogen and oxygen atoms in total. The molecule has 0 aromatic heterocycles. The van der Waals surface area contributed by atoms with Crippen molar-refractivity contribution in [3.05, 3.63) is 24.3 Å². The van der Waals surface area contributed by atoms with E-state index in [2.05, 4.69) is 43.5 Å². The summed E-state index contributed by atoms with van der Waals surface area (Å²) in [5.41, 5.74) is 0. The fourth-order valence-corrected chi connectivity index (χ4v) is 8.06. The molecule has 0 bridgehead atoms. The van der Waals surface area contributed by atoms with Gasteiger partial charge in [-0.3, -0.25) is 13.8 Å². The standard InChI is InChI=1S/C49H97N2O6P/c1-6-8-10-12-14-16-18-20-22-23-24-25-26-27-29-31-33-35-37-39-41-43-49(53)50-47(46-57-58(54,55)56-45-44-51(3,4)5)48(52)42-40-38-36-34-32-30-28-21-19-17-15-13-11-9-7-2/h8,10,14,16,47-48,52H,6-7,9,11-13,15,17-46H2,1-5H3,(H-,50,53,54,55)/p+1/b10-8-,16-14-. The Morgan fingerprint density at radius 2 is 1.03 bits per heavy atom. The van der Waals surface area contributed by atoms with E-state index < -0.39 is 20.0 Å². The Morgan fingerprint density at radius 1 is 0.603 bits per heavy atom. The molecule has 3 unspecified atom stereocenters. The van der Waals surface area contributed by atoms with Crippen molar-refractivity contribution in [2.24, 2.45) is 0 Å². The highest BCUT2D eigenvalue weighted by molar-refractivity contribution is 7.47. The van der Waals surface area contributed by atoms with Gasteiger partial charge in [-0.05, 0) is 38.5 Å². The summed E-state index contributed by atoms with van der Waals surface area (Å²) in [5.74, 6) is -0.143. The van der Waals surface area contributed by atoms with Crippen molar-refractivity contribution in [1.82, 2.24) is 5.32 Å². The first-order valence-corrected chi connectivity index (χ1v) is 26.2. The van der Waals surface area contributed by atoms with Crippen LogP contribution >= 0.6 is 7.82 Å². The number of aliphatic hydroxyl groups is 1. The number of allylic oxidation sites excluding steroid dienone is 4. The van der Waals surface area contributed by atoms with Crippen LogP contribution in [0.2, 0.25) is 0 Å². The zero-order valence-electron chi connectivity index (χ0n) is 39.0. The molecule has 0 spiro atoms. The first kappa shape index (κ1) is 57.0. The zero-order valence-corrected chi connectivity index (χ0v) is 39.9. The SMILES string of the molecule is CC/C=C\C/C=C\CCCCCCCCCCCCCCCCC(=O)NC(COP(=O)(O)OCC[N+](C)(C)C)C(O)CCCCCCCCCCCCCCCCC. The lowest BCUT2D eigenvalue weighted by Crippen LogP contribution is -2.46. The second-order valence-corrected chi connectivity index (χ2v) is 19.6. The summed E-state index contributed by atoms with van der Waals surface area (Å²) in [5, 5.41) is 14.0. The van der Waals surface area contributed by atoms with Gasteiger partial charge in [0.2, 0.25) is 5.91 Å². The van der Waals surface area contributed by atoms with Crippen LogP contribution in [0, 0.1) is 0 Å². The van der Waals surface area contributed by atoms with Gasteiger partial charge < -0.3 is 19.8 Å². The minimum absolute atomic E-state index is 0.0761. The molecule has 0 aliphatic rings. The van der Waals surface area contributed by atoms with Crippen molar-refractivity contribution in [2.75, 3.05) is 40.9 Å². The van der Waals surface area contributed by atoms with E-state index in [4.69, 9.17) is 9.05 Å². The number of rotatable bonds is 45. The number of carbonyl (C=O) groups excluding carboxylic acids is 1. The minimum atomic E-state index is -4.31. The summed E-state index contributed by atoms with van der Waals surface area (Å²) >= 11 is 0. The summed E-state index contributed by atoms with van der Waals surface area (Å²) in [4.78, 5) is 23.2. The van der Waals surface area contributed by atoms with Gasteiger partial charge in [-0.25, -0.2) is 4.57 Å². The maximum atomic E-state index is 12.9. The third-order valence-corrected chi connectivity index (χ3v) is 12.2. The number of nitrogens with one attached hydrogen (secondary N) is 1. The Balaban J connectivity index is 4.23. The van der Waals surface area contributed by atoms with Crippen LogP contribution in [0.5, 0.6) is 0 Å². The second kappa shape index (κ2) is 41.3. The summed E-state index contributed by atoms with van der Waals surface area (Å²) in [7, 11) is 1.62. The molecule has 0 saturated carbocycles. The summed E-state index contributed by atoms with van der Waals surface area (Å²) in [6.07, 6.45) is 49.2. The quantitative estimate of drug-likeness (QED) is 0.0244. The molecule has 344 valence electrons. The van der Waals surface area contributed by atoms with E-state index in [9.17, 15) is 19.4 Å². The molecule has 0 radical (unpaired) electrons. The van der Waals surface area contributed by atoms with Crippen molar-refractivity contribution in [2.45, 2.75) is 244 Å². The van der Waals surface area contributed by atoms with Crippen molar-refractivity contribution in [3.63, 3.8) is 0 Å². The van der Waals surface area contributed by atoms with Crippen LogP contribution in [0.4, 0.5) is 0 Å². The third-order valence-electron chi connectivity index (χ3n) is 11.2. The van der Waals surface area contributed by atoms with Crippen molar-refractivity contribution in [3.8, 4) is 0 Å². The van der Waals surface area contributed by atoms with Gasteiger partial charge in [-0.15, -0.1) is 0 Å². The van der Waals surface area contributed by atoms with Gasteiger partial charge in [0.05, 0.1) is 39.9 Å². The highest BCUT2D eigenvalue weighted by Gasteiger charge is 2.28. The molecule has 58 heavy (non-hydrogen) atoms. The lowest BCUT2D eigenvalue weighted by molar-refractivity contribution is -0.870. The van der Waals surface area contributed by atoms with E-state index in [-0.39, 0.29) is 19.1 Å². The van der Waals surface area contributed by atoms with E-state index in [0.29, 0.717) is 23.9 Å². The second-order valence-electron chi connectivity index (χ2n) is 18.2. The number of carbonyl (C=O) groups is 1. The first-order chi connectivity index (χ1) is 28.0. The molecule has 0 fully saturated rings. The van der Waals surface area contributed by atoms with E-state index in [1.54, 1.807) is 0 Å². The lowest BCUT2D eigenvalue weighted by atomic mass is 10.0. The van der Waals surface area contributed by atoms with Crippen LogP contribution in [0.3, 0.4) is 0 Å². The molecule has 0 aromatic rings. The molecular formula is C49H98N2O6P+. The maximum Gasteiger partial charge on any atom is 0.472 e. The molecule has 0 aliphatic heterocycles. The van der Waals surface area contributed by atoms with Gasteiger partial charge in [0.25, 0.3) is 0 Å². The van der Waals surface area contributed by atoms with E-state index >= 15 is 0 Å². The van der Waals surface area contributed by atoms with E-state index in [1.165, 1.54) is 154 Å². The van der Waals surface area contributed by atoms with E-state index in [0.717, 1.165) is 51.4 Å². The summed E-state index contributed by atoms with van der Waals surface area (Å²) < 4.78 is 23.7. The average molecular weight is 842 g/mol. The fourth-order valence-electron chi connectivity index (χ4n) is 7.32.